The van der Waals surface area contributed by atoms with E-state index in [2.05, 4.69) is 31.3 Å². The summed E-state index contributed by atoms with van der Waals surface area (Å²) in [5.41, 5.74) is 1.27. The summed E-state index contributed by atoms with van der Waals surface area (Å²) in [6.45, 7) is 5.66. The molecule has 106 valence electrons. The average Bonchev–Trinajstić information content (AvgIpc) is 3.15. The van der Waals surface area contributed by atoms with Gasteiger partial charge in [0.15, 0.2) is 11.5 Å². The van der Waals surface area contributed by atoms with E-state index in [1.54, 1.807) is 14.2 Å². The highest BCUT2D eigenvalue weighted by Gasteiger charge is 2.32. The van der Waals surface area contributed by atoms with Gasteiger partial charge in [-0.05, 0) is 48.9 Å². The second-order valence-corrected chi connectivity index (χ2v) is 5.46. The van der Waals surface area contributed by atoms with E-state index in [1.807, 2.05) is 6.07 Å². The van der Waals surface area contributed by atoms with Crippen LogP contribution in [0, 0.1) is 11.8 Å². The third-order valence-corrected chi connectivity index (χ3v) is 4.12. The van der Waals surface area contributed by atoms with E-state index in [0.29, 0.717) is 6.04 Å². The van der Waals surface area contributed by atoms with Gasteiger partial charge in [0, 0.05) is 6.04 Å². The zero-order valence-electron chi connectivity index (χ0n) is 12.4. The first kappa shape index (κ1) is 14.2. The van der Waals surface area contributed by atoms with Gasteiger partial charge < -0.3 is 14.8 Å². The molecule has 1 N–H and O–H groups in total. The van der Waals surface area contributed by atoms with Gasteiger partial charge in [0.1, 0.15) is 0 Å². The first-order valence-corrected chi connectivity index (χ1v) is 7.14. The fourth-order valence-electron chi connectivity index (χ4n) is 2.54. The van der Waals surface area contributed by atoms with Gasteiger partial charge in [-0.15, -0.1) is 0 Å². The lowest BCUT2D eigenvalue weighted by atomic mass is 10.0. The van der Waals surface area contributed by atoms with Crippen LogP contribution in [-0.2, 0) is 0 Å². The maximum atomic E-state index is 5.37. The van der Waals surface area contributed by atoms with Gasteiger partial charge in [0.25, 0.3) is 0 Å². The van der Waals surface area contributed by atoms with Crippen molar-refractivity contribution < 1.29 is 9.47 Å². The number of hydrogen-bond donors (Lipinski definition) is 1. The smallest absolute Gasteiger partial charge is 0.161 e. The molecule has 3 heteroatoms. The van der Waals surface area contributed by atoms with Gasteiger partial charge in [-0.25, -0.2) is 0 Å². The molecule has 1 saturated carbocycles. The number of hydrogen-bond acceptors (Lipinski definition) is 3. The Hall–Kier alpha value is -1.22. The van der Waals surface area contributed by atoms with E-state index in [9.17, 15) is 0 Å². The third kappa shape index (κ3) is 3.41. The monoisotopic (exact) mass is 263 g/mol. The van der Waals surface area contributed by atoms with Crippen LogP contribution in [0.4, 0.5) is 0 Å². The number of methoxy groups -OCH3 is 2. The summed E-state index contributed by atoms with van der Waals surface area (Å²) < 4.78 is 10.7. The van der Waals surface area contributed by atoms with Crippen LogP contribution in [0.3, 0.4) is 0 Å². The molecule has 1 fully saturated rings. The van der Waals surface area contributed by atoms with Gasteiger partial charge in [0.2, 0.25) is 0 Å². The molecule has 1 aromatic carbocycles. The zero-order valence-corrected chi connectivity index (χ0v) is 12.4. The molecule has 0 bridgehead atoms. The van der Waals surface area contributed by atoms with E-state index in [-0.39, 0.29) is 0 Å². The van der Waals surface area contributed by atoms with Crippen molar-refractivity contribution in [1.82, 2.24) is 5.32 Å². The van der Waals surface area contributed by atoms with Crippen molar-refractivity contribution in [3.8, 4) is 11.5 Å². The molecule has 1 aromatic rings. The van der Waals surface area contributed by atoms with Crippen LogP contribution in [-0.4, -0.2) is 20.8 Å². The van der Waals surface area contributed by atoms with E-state index in [1.165, 1.54) is 12.0 Å². The fourth-order valence-corrected chi connectivity index (χ4v) is 2.54. The molecule has 0 radical (unpaired) electrons. The standard InChI is InChI=1S/C16H25NO2/c1-5-14(17-10-13-8-11(13)2)12-6-7-15(18-3)16(9-12)19-4/h6-7,9,11,13-14,17H,5,8,10H2,1-4H3. The Morgan fingerprint density at radius 2 is 1.95 bits per heavy atom. The summed E-state index contributed by atoms with van der Waals surface area (Å²) in [6, 6.07) is 6.58. The number of ether oxygens (including phenoxy) is 2. The van der Waals surface area contributed by atoms with Crippen LogP contribution in [0.1, 0.15) is 38.3 Å². The Labute approximate surface area is 116 Å². The second-order valence-electron chi connectivity index (χ2n) is 5.46. The topological polar surface area (TPSA) is 30.5 Å². The molecular weight excluding hydrogens is 238 g/mol. The first-order valence-electron chi connectivity index (χ1n) is 7.14. The van der Waals surface area contributed by atoms with Crippen LogP contribution < -0.4 is 14.8 Å². The van der Waals surface area contributed by atoms with Gasteiger partial charge in [-0.3, -0.25) is 0 Å². The second kappa shape index (κ2) is 6.29. The van der Waals surface area contributed by atoms with Crippen LogP contribution in [0.15, 0.2) is 18.2 Å². The molecule has 0 aliphatic heterocycles. The molecule has 0 aromatic heterocycles. The summed E-state index contributed by atoms with van der Waals surface area (Å²) in [6.07, 6.45) is 2.45. The van der Waals surface area contributed by atoms with E-state index < -0.39 is 0 Å². The maximum absolute atomic E-state index is 5.37. The minimum Gasteiger partial charge on any atom is -0.493 e. The molecular formula is C16H25NO2. The minimum atomic E-state index is 0.396. The molecule has 0 saturated heterocycles. The van der Waals surface area contributed by atoms with Crippen LogP contribution >= 0.6 is 0 Å². The fraction of sp³-hybridized carbons (Fsp3) is 0.625. The lowest BCUT2D eigenvalue weighted by molar-refractivity contribution is 0.353. The molecule has 1 aliphatic carbocycles. The first-order chi connectivity index (χ1) is 9.19. The normalized spacial score (nSPS) is 22.9. The Kier molecular flexibility index (Phi) is 4.70. The quantitative estimate of drug-likeness (QED) is 0.818. The number of benzene rings is 1. The predicted octanol–water partition coefficient (Wildman–Crippen LogP) is 3.40. The predicted molar refractivity (Wildman–Crippen MR) is 77.9 cm³/mol. The average molecular weight is 263 g/mol. The molecule has 3 unspecified atom stereocenters. The minimum absolute atomic E-state index is 0.396. The van der Waals surface area contributed by atoms with Crippen molar-refractivity contribution in [2.45, 2.75) is 32.7 Å². The van der Waals surface area contributed by atoms with Gasteiger partial charge in [-0.2, -0.15) is 0 Å². The van der Waals surface area contributed by atoms with Gasteiger partial charge in [-0.1, -0.05) is 19.9 Å². The van der Waals surface area contributed by atoms with E-state index >= 15 is 0 Å². The molecule has 2 rings (SSSR count). The molecule has 1 aliphatic rings. The molecule has 19 heavy (non-hydrogen) atoms. The third-order valence-electron chi connectivity index (χ3n) is 4.12. The van der Waals surface area contributed by atoms with Crippen molar-refractivity contribution in [2.24, 2.45) is 11.8 Å². The summed E-state index contributed by atoms with van der Waals surface area (Å²) in [5.74, 6) is 3.36. The molecule has 3 atom stereocenters. The lowest BCUT2D eigenvalue weighted by Gasteiger charge is -2.19. The highest BCUT2D eigenvalue weighted by Crippen LogP contribution is 2.37. The Morgan fingerprint density at radius 1 is 1.26 bits per heavy atom. The zero-order chi connectivity index (χ0) is 13.8. The van der Waals surface area contributed by atoms with Crippen LogP contribution in [0.5, 0.6) is 11.5 Å². The number of rotatable bonds is 7. The lowest BCUT2D eigenvalue weighted by Crippen LogP contribution is -2.23. The highest BCUT2D eigenvalue weighted by molar-refractivity contribution is 5.43. The molecule has 0 amide bonds. The molecule has 0 heterocycles. The van der Waals surface area contributed by atoms with Crippen molar-refractivity contribution in [1.29, 1.82) is 0 Å². The Bertz CT molecular complexity index is 419. The Morgan fingerprint density at radius 3 is 2.47 bits per heavy atom. The largest absolute Gasteiger partial charge is 0.493 e. The summed E-state index contributed by atoms with van der Waals surface area (Å²) in [4.78, 5) is 0. The highest BCUT2D eigenvalue weighted by atomic mass is 16.5. The van der Waals surface area contributed by atoms with Gasteiger partial charge >= 0.3 is 0 Å². The Balaban J connectivity index is 2.04. The maximum Gasteiger partial charge on any atom is 0.161 e. The van der Waals surface area contributed by atoms with Crippen molar-refractivity contribution in [2.75, 3.05) is 20.8 Å². The number of nitrogens with one attached hydrogen (secondary N) is 1. The van der Waals surface area contributed by atoms with Gasteiger partial charge in [0.05, 0.1) is 14.2 Å². The summed E-state index contributed by atoms with van der Waals surface area (Å²) >= 11 is 0. The van der Waals surface area contributed by atoms with Crippen LogP contribution in [0.25, 0.3) is 0 Å². The van der Waals surface area contributed by atoms with Crippen molar-refractivity contribution in [3.63, 3.8) is 0 Å². The summed E-state index contributed by atoms with van der Waals surface area (Å²) in [5, 5.41) is 3.67. The molecule has 0 spiro atoms. The summed E-state index contributed by atoms with van der Waals surface area (Å²) in [7, 11) is 3.35. The van der Waals surface area contributed by atoms with Crippen molar-refractivity contribution in [3.05, 3.63) is 23.8 Å². The van der Waals surface area contributed by atoms with Crippen LogP contribution in [0.2, 0.25) is 0 Å². The van der Waals surface area contributed by atoms with Crippen molar-refractivity contribution >= 4 is 0 Å². The van der Waals surface area contributed by atoms with E-state index in [0.717, 1.165) is 36.3 Å². The molecule has 3 nitrogen and oxygen atoms in total. The van der Waals surface area contributed by atoms with E-state index in [4.69, 9.17) is 9.47 Å². The SMILES string of the molecule is CCC(NCC1CC1C)c1ccc(OC)c(OC)c1.